The lowest BCUT2D eigenvalue weighted by Gasteiger charge is -2.12. The molecule has 0 saturated heterocycles. The van der Waals surface area contributed by atoms with E-state index in [1.165, 1.54) is 24.3 Å². The fraction of sp³-hybridized carbons (Fsp3) is 0.0833. The fourth-order valence-electron chi connectivity index (χ4n) is 3.17. The normalized spacial score (nSPS) is 10.7. The van der Waals surface area contributed by atoms with Gasteiger partial charge in [-0.05, 0) is 35.4 Å². The van der Waals surface area contributed by atoms with Crippen molar-refractivity contribution in [1.29, 1.82) is 0 Å². The molecule has 8 heteroatoms. The van der Waals surface area contributed by atoms with Gasteiger partial charge in [0.15, 0.2) is 0 Å². The van der Waals surface area contributed by atoms with Gasteiger partial charge in [0.05, 0.1) is 12.2 Å². The van der Waals surface area contributed by atoms with E-state index in [1.807, 2.05) is 30.3 Å². The number of benzene rings is 3. The Morgan fingerprint density at radius 1 is 0.844 bits per heavy atom. The largest absolute Gasteiger partial charge is 0.352 e. The Morgan fingerprint density at radius 3 is 2.12 bits per heavy atom. The zero-order chi connectivity index (χ0) is 22.5. The first-order valence-electron chi connectivity index (χ1n) is 9.89. The molecule has 3 aromatic carbocycles. The van der Waals surface area contributed by atoms with Crippen molar-refractivity contribution < 1.29 is 9.18 Å². The molecule has 0 radical (unpaired) electrons. The maximum Gasteiger partial charge on any atom is 0.352 e. The average molecular weight is 430 g/mol. The molecule has 1 heterocycles. The first-order valence-corrected chi connectivity index (χ1v) is 9.89. The number of hydrogen-bond acceptors (Lipinski definition) is 4. The predicted octanol–water partition coefficient (Wildman–Crippen LogP) is 2.51. The number of carbonyl (C=O) groups is 1. The fourth-order valence-corrected chi connectivity index (χ4v) is 3.17. The summed E-state index contributed by atoms with van der Waals surface area (Å²) in [6.45, 7) is 0.0650. The van der Waals surface area contributed by atoms with E-state index in [0.717, 1.165) is 14.8 Å². The molecule has 0 fully saturated rings. The van der Waals surface area contributed by atoms with Crippen LogP contribution < -0.4 is 16.6 Å². The lowest BCUT2D eigenvalue weighted by molar-refractivity contribution is 0.0941. The lowest BCUT2D eigenvalue weighted by atomic mass is 10.2. The van der Waals surface area contributed by atoms with Crippen LogP contribution in [0.25, 0.3) is 5.69 Å². The Bertz CT molecular complexity index is 1350. The van der Waals surface area contributed by atoms with Gasteiger partial charge >= 0.3 is 5.69 Å². The van der Waals surface area contributed by atoms with Crippen LogP contribution in [-0.4, -0.2) is 20.3 Å². The highest BCUT2D eigenvalue weighted by Crippen LogP contribution is 2.05. The summed E-state index contributed by atoms with van der Waals surface area (Å²) in [5.41, 5.74) is -0.146. The van der Waals surface area contributed by atoms with Crippen LogP contribution >= 0.6 is 0 Å². The Hall–Kier alpha value is -4.33. The van der Waals surface area contributed by atoms with E-state index >= 15 is 0 Å². The maximum atomic E-state index is 13.3. The van der Waals surface area contributed by atoms with E-state index in [4.69, 9.17) is 0 Å². The van der Waals surface area contributed by atoms with Crippen LogP contribution in [0.4, 0.5) is 4.39 Å². The second kappa shape index (κ2) is 9.22. The first-order chi connectivity index (χ1) is 15.5. The van der Waals surface area contributed by atoms with Crippen LogP contribution in [0.15, 0.2) is 94.5 Å². The SMILES string of the molecule is O=C(NCc1ccccc1)c1nn(-c2ccccc2)c(=O)n(Cc2ccc(F)cc2)c1=O. The van der Waals surface area contributed by atoms with Gasteiger partial charge in [-0.2, -0.15) is 9.78 Å². The molecule has 0 saturated carbocycles. The zero-order valence-electron chi connectivity index (χ0n) is 16.9. The Kier molecular flexibility index (Phi) is 6.03. The molecule has 0 bridgehead atoms. The van der Waals surface area contributed by atoms with E-state index in [0.29, 0.717) is 11.3 Å². The molecule has 1 amide bonds. The molecule has 4 rings (SSSR count). The number of rotatable bonds is 6. The van der Waals surface area contributed by atoms with Crippen molar-refractivity contribution in [1.82, 2.24) is 19.7 Å². The van der Waals surface area contributed by atoms with E-state index in [1.54, 1.807) is 30.3 Å². The highest BCUT2D eigenvalue weighted by molar-refractivity contribution is 5.91. The molecule has 32 heavy (non-hydrogen) atoms. The summed E-state index contributed by atoms with van der Waals surface area (Å²) in [4.78, 5) is 39.0. The van der Waals surface area contributed by atoms with Crippen molar-refractivity contribution in [2.75, 3.05) is 0 Å². The van der Waals surface area contributed by atoms with Gasteiger partial charge in [-0.15, -0.1) is 0 Å². The quantitative estimate of drug-likeness (QED) is 0.509. The molecule has 0 atom stereocenters. The van der Waals surface area contributed by atoms with Gasteiger partial charge in [0, 0.05) is 6.54 Å². The minimum atomic E-state index is -0.822. The molecule has 0 unspecified atom stereocenters. The zero-order valence-corrected chi connectivity index (χ0v) is 16.9. The smallest absolute Gasteiger partial charge is 0.346 e. The van der Waals surface area contributed by atoms with E-state index < -0.39 is 28.7 Å². The van der Waals surface area contributed by atoms with Crippen molar-refractivity contribution in [2.45, 2.75) is 13.1 Å². The molecule has 1 aromatic heterocycles. The highest BCUT2D eigenvalue weighted by Gasteiger charge is 2.20. The molecule has 4 aromatic rings. The molecule has 0 aliphatic heterocycles. The number of hydrogen-bond donors (Lipinski definition) is 1. The Labute approximate surface area is 182 Å². The second-order valence-electron chi connectivity index (χ2n) is 7.06. The first kappa shape index (κ1) is 20.9. The third kappa shape index (κ3) is 4.54. The van der Waals surface area contributed by atoms with Gasteiger partial charge in [-0.1, -0.05) is 60.7 Å². The predicted molar refractivity (Wildman–Crippen MR) is 117 cm³/mol. The lowest BCUT2D eigenvalue weighted by Crippen LogP contribution is -2.46. The van der Waals surface area contributed by atoms with Gasteiger partial charge in [0.25, 0.3) is 11.5 Å². The minimum absolute atomic E-state index is 0.133. The van der Waals surface area contributed by atoms with Crippen LogP contribution in [-0.2, 0) is 13.1 Å². The number of nitrogens with one attached hydrogen (secondary N) is 1. The molecule has 1 N–H and O–H groups in total. The summed E-state index contributed by atoms with van der Waals surface area (Å²) in [5.74, 6) is -1.13. The number of aromatic nitrogens is 3. The third-order valence-corrected chi connectivity index (χ3v) is 4.83. The van der Waals surface area contributed by atoms with Crippen LogP contribution in [0.3, 0.4) is 0 Å². The topological polar surface area (TPSA) is 86.0 Å². The monoisotopic (exact) mass is 430 g/mol. The number of amides is 1. The molecule has 7 nitrogen and oxygen atoms in total. The second-order valence-corrected chi connectivity index (χ2v) is 7.06. The van der Waals surface area contributed by atoms with E-state index in [-0.39, 0.29) is 13.1 Å². The average Bonchev–Trinajstić information content (AvgIpc) is 2.83. The summed E-state index contributed by atoms with van der Waals surface area (Å²) in [6, 6.07) is 23.1. The maximum absolute atomic E-state index is 13.3. The molecule has 0 aliphatic carbocycles. The van der Waals surface area contributed by atoms with Gasteiger partial charge in [0.1, 0.15) is 5.82 Å². The summed E-state index contributed by atoms with van der Waals surface area (Å²) in [6.07, 6.45) is 0. The number of carbonyl (C=O) groups excluding carboxylic acids is 1. The van der Waals surface area contributed by atoms with Crippen molar-refractivity contribution in [3.63, 3.8) is 0 Å². The van der Waals surface area contributed by atoms with Crippen LogP contribution in [0, 0.1) is 5.82 Å². The van der Waals surface area contributed by atoms with Gasteiger partial charge in [-0.25, -0.2) is 9.18 Å². The molecular formula is C24H19FN4O3. The van der Waals surface area contributed by atoms with Crippen molar-refractivity contribution >= 4 is 5.91 Å². The van der Waals surface area contributed by atoms with Crippen molar-refractivity contribution in [2.24, 2.45) is 0 Å². The number of nitrogens with zero attached hydrogens (tertiary/aromatic N) is 3. The third-order valence-electron chi connectivity index (χ3n) is 4.83. The van der Waals surface area contributed by atoms with Gasteiger partial charge in [-0.3, -0.25) is 14.2 Å². The molecular weight excluding hydrogens is 411 g/mol. The van der Waals surface area contributed by atoms with Crippen molar-refractivity contribution in [3.05, 3.63) is 128 Å². The van der Waals surface area contributed by atoms with Crippen LogP contribution in [0.5, 0.6) is 0 Å². The summed E-state index contributed by atoms with van der Waals surface area (Å²) >= 11 is 0. The van der Waals surface area contributed by atoms with E-state index in [2.05, 4.69) is 10.4 Å². The van der Waals surface area contributed by atoms with Crippen LogP contribution in [0.1, 0.15) is 21.6 Å². The molecule has 0 aliphatic rings. The van der Waals surface area contributed by atoms with Crippen molar-refractivity contribution in [3.8, 4) is 5.69 Å². The summed E-state index contributed by atoms with van der Waals surface area (Å²) in [5, 5.41) is 6.74. The number of para-hydroxylation sites is 1. The molecule has 160 valence electrons. The number of halogens is 1. The van der Waals surface area contributed by atoms with Gasteiger partial charge < -0.3 is 5.32 Å². The Morgan fingerprint density at radius 2 is 1.47 bits per heavy atom. The molecule has 0 spiro atoms. The minimum Gasteiger partial charge on any atom is -0.346 e. The van der Waals surface area contributed by atoms with Gasteiger partial charge in [0.2, 0.25) is 5.69 Å². The summed E-state index contributed by atoms with van der Waals surface area (Å²) < 4.78 is 15.2. The highest BCUT2D eigenvalue weighted by atomic mass is 19.1. The summed E-state index contributed by atoms with van der Waals surface area (Å²) in [7, 11) is 0. The Balaban J connectivity index is 1.76. The standard InChI is InChI=1S/C24H19FN4O3/c25-19-13-11-18(12-14-19)16-28-23(31)21(22(30)26-15-17-7-3-1-4-8-17)27-29(24(28)32)20-9-5-2-6-10-20/h1-14H,15-16H2,(H,26,30). The van der Waals surface area contributed by atoms with E-state index in [9.17, 15) is 18.8 Å². The van der Waals surface area contributed by atoms with Crippen LogP contribution in [0.2, 0.25) is 0 Å².